The molecule has 0 aliphatic heterocycles. The summed E-state index contributed by atoms with van der Waals surface area (Å²) in [6.07, 6.45) is 12.0. The van der Waals surface area contributed by atoms with Crippen LogP contribution in [0.15, 0.2) is 36.4 Å². The Bertz CT molecular complexity index is 1020. The number of alkyl halides is 3. The first-order valence-corrected chi connectivity index (χ1v) is 14.7. The van der Waals surface area contributed by atoms with Crippen LogP contribution < -0.4 is 9.47 Å². The lowest BCUT2D eigenvalue weighted by atomic mass is 9.73. The molecule has 0 aromatic heterocycles. The van der Waals surface area contributed by atoms with Gasteiger partial charge in [-0.3, -0.25) is 0 Å². The lowest BCUT2D eigenvalue weighted by molar-refractivity contribution is -0.274. The van der Waals surface area contributed by atoms with Gasteiger partial charge in [-0.25, -0.2) is 8.78 Å². The van der Waals surface area contributed by atoms with E-state index >= 15 is 4.39 Å². The van der Waals surface area contributed by atoms with Crippen LogP contribution in [0, 0.1) is 29.4 Å². The zero-order chi connectivity index (χ0) is 27.8. The third-order valence-electron chi connectivity index (χ3n) is 8.80. The van der Waals surface area contributed by atoms with Crippen LogP contribution in [-0.2, 0) is 0 Å². The molecule has 39 heavy (non-hydrogen) atoms. The van der Waals surface area contributed by atoms with Gasteiger partial charge in [0, 0.05) is 5.56 Å². The van der Waals surface area contributed by atoms with Crippen molar-refractivity contribution in [1.29, 1.82) is 0 Å². The highest BCUT2D eigenvalue weighted by atomic mass is 19.4. The molecule has 0 saturated heterocycles. The zero-order valence-electron chi connectivity index (χ0n) is 22.9. The van der Waals surface area contributed by atoms with Crippen molar-refractivity contribution in [1.82, 2.24) is 0 Å². The van der Waals surface area contributed by atoms with Gasteiger partial charge in [0.1, 0.15) is 17.3 Å². The van der Waals surface area contributed by atoms with Crippen LogP contribution in [0.4, 0.5) is 22.0 Å². The van der Waals surface area contributed by atoms with Crippen molar-refractivity contribution in [2.45, 2.75) is 109 Å². The maximum Gasteiger partial charge on any atom is 0.573 e. The van der Waals surface area contributed by atoms with E-state index in [0.29, 0.717) is 5.92 Å². The van der Waals surface area contributed by atoms with Crippen LogP contribution in [0.2, 0.25) is 0 Å². The third-order valence-corrected chi connectivity index (χ3v) is 8.80. The Morgan fingerprint density at radius 3 is 1.79 bits per heavy atom. The third kappa shape index (κ3) is 8.84. The largest absolute Gasteiger partial charge is 0.573 e. The second-order valence-corrected chi connectivity index (χ2v) is 11.6. The molecular formula is C32H41F5O2. The van der Waals surface area contributed by atoms with Crippen molar-refractivity contribution in [3.63, 3.8) is 0 Å². The molecule has 2 aliphatic rings. The first kappa shape index (κ1) is 29.7. The topological polar surface area (TPSA) is 18.5 Å². The predicted octanol–water partition coefficient (Wildman–Crippen LogP) is 11.1. The summed E-state index contributed by atoms with van der Waals surface area (Å²) < 4.78 is 76.7. The molecule has 4 rings (SSSR count). The second-order valence-electron chi connectivity index (χ2n) is 11.6. The van der Waals surface area contributed by atoms with E-state index in [9.17, 15) is 17.6 Å². The first-order chi connectivity index (χ1) is 18.7. The molecule has 0 spiro atoms. The minimum atomic E-state index is -4.80. The summed E-state index contributed by atoms with van der Waals surface area (Å²) in [6.45, 7) is 2.26. The van der Waals surface area contributed by atoms with Gasteiger partial charge in [-0.15, -0.1) is 13.2 Å². The molecule has 0 bridgehead atoms. The average molecular weight is 553 g/mol. The molecule has 2 nitrogen and oxygen atoms in total. The summed E-state index contributed by atoms with van der Waals surface area (Å²) in [4.78, 5) is 0. The van der Waals surface area contributed by atoms with Crippen molar-refractivity contribution in [3.05, 3.63) is 53.6 Å². The molecule has 216 valence electrons. The molecule has 2 aromatic rings. The van der Waals surface area contributed by atoms with E-state index < -0.39 is 23.7 Å². The molecule has 0 atom stereocenters. The number of halogens is 5. The number of hydrogen-bond donors (Lipinski definition) is 0. The van der Waals surface area contributed by atoms with Crippen molar-refractivity contribution in [3.8, 4) is 17.2 Å². The molecule has 2 saturated carbocycles. The minimum absolute atomic E-state index is 0.0596. The van der Waals surface area contributed by atoms with Gasteiger partial charge < -0.3 is 9.47 Å². The van der Waals surface area contributed by atoms with Crippen LogP contribution in [0.3, 0.4) is 0 Å². The molecule has 7 heteroatoms. The quantitative estimate of drug-likeness (QED) is 0.204. The molecule has 0 heterocycles. The maximum absolute atomic E-state index is 15.4. The van der Waals surface area contributed by atoms with Gasteiger partial charge in [0.2, 0.25) is 0 Å². The molecule has 2 aromatic carbocycles. The van der Waals surface area contributed by atoms with E-state index in [1.807, 2.05) is 0 Å². The van der Waals surface area contributed by atoms with Crippen molar-refractivity contribution in [2.24, 2.45) is 17.8 Å². The Morgan fingerprint density at radius 1 is 0.692 bits per heavy atom. The predicted molar refractivity (Wildman–Crippen MR) is 143 cm³/mol. The van der Waals surface area contributed by atoms with Gasteiger partial charge in [-0.2, -0.15) is 0 Å². The highest BCUT2D eigenvalue weighted by Crippen LogP contribution is 2.43. The second kappa shape index (κ2) is 13.8. The SMILES string of the molecule is CCCCCC1CCC(CCC2CCC(c3c(F)ccc(Oc4ccc(OC(F)(F)F)cc4)c3F)CC2)CC1. The van der Waals surface area contributed by atoms with E-state index in [4.69, 9.17) is 4.74 Å². The highest BCUT2D eigenvalue weighted by Gasteiger charge is 2.31. The van der Waals surface area contributed by atoms with E-state index in [1.54, 1.807) is 0 Å². The summed E-state index contributed by atoms with van der Waals surface area (Å²) in [5, 5.41) is 0. The summed E-state index contributed by atoms with van der Waals surface area (Å²) in [5.74, 6) is 0.471. The number of hydrogen-bond acceptors (Lipinski definition) is 2. The lowest BCUT2D eigenvalue weighted by Crippen LogP contribution is -2.18. The fraction of sp³-hybridized carbons (Fsp3) is 0.625. The Balaban J connectivity index is 1.26. The summed E-state index contributed by atoms with van der Waals surface area (Å²) >= 11 is 0. The van der Waals surface area contributed by atoms with Gasteiger partial charge in [-0.05, 0) is 85.8 Å². The van der Waals surface area contributed by atoms with Gasteiger partial charge in [0.25, 0.3) is 0 Å². The van der Waals surface area contributed by atoms with E-state index in [-0.39, 0.29) is 23.0 Å². The number of unbranched alkanes of at least 4 members (excludes halogenated alkanes) is 2. The Hall–Kier alpha value is -2.31. The number of rotatable bonds is 11. The molecule has 0 N–H and O–H groups in total. The van der Waals surface area contributed by atoms with Gasteiger partial charge in [-0.1, -0.05) is 71.1 Å². The summed E-state index contributed by atoms with van der Waals surface area (Å²) in [6, 6.07) is 7.12. The van der Waals surface area contributed by atoms with Crippen molar-refractivity contribution >= 4 is 0 Å². The van der Waals surface area contributed by atoms with Crippen molar-refractivity contribution in [2.75, 3.05) is 0 Å². The van der Waals surface area contributed by atoms with E-state index in [1.165, 1.54) is 88.5 Å². The number of ether oxygens (including phenoxy) is 2. The Labute approximate surface area is 229 Å². The highest BCUT2D eigenvalue weighted by molar-refractivity contribution is 5.39. The number of benzene rings is 2. The standard InChI is InChI=1S/C32H41F5O2/c1-2-3-4-5-22-6-8-23(9-7-22)10-11-24-12-14-25(15-13-24)30-28(33)20-21-29(31(30)34)38-26-16-18-27(19-17-26)39-32(35,36)37/h16-25H,2-15H2,1H3. The lowest BCUT2D eigenvalue weighted by Gasteiger charge is -2.32. The molecule has 0 radical (unpaired) electrons. The smallest absolute Gasteiger partial charge is 0.454 e. The first-order valence-electron chi connectivity index (χ1n) is 14.7. The molecule has 0 amide bonds. The summed E-state index contributed by atoms with van der Waals surface area (Å²) in [7, 11) is 0. The van der Waals surface area contributed by atoms with E-state index in [2.05, 4.69) is 11.7 Å². The minimum Gasteiger partial charge on any atom is -0.454 e. The fourth-order valence-corrected chi connectivity index (χ4v) is 6.54. The van der Waals surface area contributed by atoms with Crippen LogP contribution in [0.5, 0.6) is 17.2 Å². The van der Waals surface area contributed by atoms with Gasteiger partial charge in [0.05, 0.1) is 0 Å². The van der Waals surface area contributed by atoms with Crippen LogP contribution in [-0.4, -0.2) is 6.36 Å². The molecular weight excluding hydrogens is 511 g/mol. The van der Waals surface area contributed by atoms with Crippen LogP contribution in [0.1, 0.15) is 108 Å². The molecule has 2 aliphatic carbocycles. The molecule has 0 unspecified atom stereocenters. The average Bonchev–Trinajstić information content (AvgIpc) is 2.91. The zero-order valence-corrected chi connectivity index (χ0v) is 22.9. The van der Waals surface area contributed by atoms with Gasteiger partial charge >= 0.3 is 6.36 Å². The van der Waals surface area contributed by atoms with Crippen LogP contribution in [0.25, 0.3) is 0 Å². The Morgan fingerprint density at radius 2 is 1.23 bits per heavy atom. The van der Waals surface area contributed by atoms with Gasteiger partial charge in [0.15, 0.2) is 11.6 Å². The summed E-state index contributed by atoms with van der Waals surface area (Å²) in [5.41, 5.74) is 0.0596. The van der Waals surface area contributed by atoms with E-state index in [0.717, 1.165) is 49.7 Å². The van der Waals surface area contributed by atoms with Crippen molar-refractivity contribution < 1.29 is 31.4 Å². The maximum atomic E-state index is 15.4. The monoisotopic (exact) mass is 552 g/mol. The normalized spacial score (nSPS) is 23.9. The van der Waals surface area contributed by atoms with Crippen LogP contribution >= 0.6 is 0 Å². The Kier molecular flexibility index (Phi) is 10.5. The fourth-order valence-electron chi connectivity index (χ4n) is 6.54. The molecule has 2 fully saturated rings.